The Morgan fingerprint density at radius 2 is 2.05 bits per heavy atom. The van der Waals surface area contributed by atoms with Crippen molar-refractivity contribution < 1.29 is 0 Å². The number of nitrogens with zero attached hydrogens (tertiary/aromatic N) is 1. The van der Waals surface area contributed by atoms with Crippen LogP contribution in [0.5, 0.6) is 0 Å². The molecule has 1 unspecified atom stereocenters. The van der Waals surface area contributed by atoms with Crippen LogP contribution in [0.2, 0.25) is 0 Å². The Bertz CT molecular complexity index is 528. The Labute approximate surface area is 136 Å². The third kappa shape index (κ3) is 4.26. The predicted molar refractivity (Wildman–Crippen MR) is 91.2 cm³/mol. The van der Waals surface area contributed by atoms with Crippen LogP contribution < -0.4 is 5.32 Å². The highest BCUT2D eigenvalue weighted by molar-refractivity contribution is 14.1. The molecule has 1 aromatic heterocycles. The molecule has 0 radical (unpaired) electrons. The molecule has 0 amide bonds. The van der Waals surface area contributed by atoms with Gasteiger partial charge in [-0.05, 0) is 68.8 Å². The molecule has 0 aliphatic rings. The predicted octanol–water partition coefficient (Wildman–Crippen LogP) is 4.34. The first kappa shape index (κ1) is 14.9. The number of hydrogen-bond donors (Lipinski definition) is 1. The van der Waals surface area contributed by atoms with Gasteiger partial charge in [-0.3, -0.25) is 4.98 Å². The van der Waals surface area contributed by atoms with E-state index >= 15 is 0 Å². The van der Waals surface area contributed by atoms with Crippen LogP contribution in [-0.2, 0) is 6.42 Å². The van der Waals surface area contributed by atoms with Gasteiger partial charge in [0.1, 0.15) is 0 Å². The second kappa shape index (κ2) is 7.36. The summed E-state index contributed by atoms with van der Waals surface area (Å²) in [6.45, 7) is 3.09. The molecule has 1 atom stereocenters. The number of nitrogens with one attached hydrogen (secondary N) is 1. The van der Waals surface area contributed by atoms with Crippen molar-refractivity contribution in [2.24, 2.45) is 0 Å². The van der Waals surface area contributed by atoms with Gasteiger partial charge in [-0.15, -0.1) is 0 Å². The van der Waals surface area contributed by atoms with Gasteiger partial charge in [0.15, 0.2) is 0 Å². The average molecular weight is 431 g/mol. The van der Waals surface area contributed by atoms with Gasteiger partial charge in [0.05, 0.1) is 0 Å². The van der Waals surface area contributed by atoms with Crippen molar-refractivity contribution in [3.63, 3.8) is 0 Å². The average Bonchev–Trinajstić information content (AvgIpc) is 2.41. The van der Waals surface area contributed by atoms with Crippen LogP contribution in [0.25, 0.3) is 0 Å². The highest BCUT2D eigenvalue weighted by atomic mass is 127. The summed E-state index contributed by atoms with van der Waals surface area (Å²) >= 11 is 5.82. The third-order valence-electron chi connectivity index (χ3n) is 2.93. The second-order valence-corrected chi connectivity index (χ2v) is 6.38. The molecule has 1 N–H and O–H groups in total. The molecule has 0 bridgehead atoms. The molecular formula is C15H16BrIN2. The van der Waals surface area contributed by atoms with Crippen molar-refractivity contribution in [2.45, 2.75) is 19.4 Å². The molecular weight excluding hydrogens is 415 g/mol. The van der Waals surface area contributed by atoms with E-state index in [1.54, 1.807) is 0 Å². The van der Waals surface area contributed by atoms with Crippen molar-refractivity contribution in [2.75, 3.05) is 6.54 Å². The number of benzene rings is 1. The summed E-state index contributed by atoms with van der Waals surface area (Å²) in [5.41, 5.74) is 2.45. The topological polar surface area (TPSA) is 24.9 Å². The minimum absolute atomic E-state index is 0.312. The Balaban J connectivity index is 2.21. The van der Waals surface area contributed by atoms with Crippen LogP contribution in [0, 0.1) is 3.57 Å². The van der Waals surface area contributed by atoms with E-state index in [4.69, 9.17) is 0 Å². The van der Waals surface area contributed by atoms with E-state index in [-0.39, 0.29) is 0 Å². The first-order chi connectivity index (χ1) is 9.20. The fraction of sp³-hybridized carbons (Fsp3) is 0.267. The van der Waals surface area contributed by atoms with Gasteiger partial charge in [0, 0.05) is 32.4 Å². The highest BCUT2D eigenvalue weighted by Crippen LogP contribution is 2.23. The lowest BCUT2D eigenvalue weighted by Gasteiger charge is -2.19. The molecule has 1 aromatic carbocycles. The van der Waals surface area contributed by atoms with Crippen LogP contribution in [0.3, 0.4) is 0 Å². The number of hydrogen-bond acceptors (Lipinski definition) is 2. The van der Waals surface area contributed by atoms with E-state index < -0.39 is 0 Å². The number of pyridine rings is 1. The summed E-state index contributed by atoms with van der Waals surface area (Å²) in [6.07, 6.45) is 2.76. The zero-order valence-electron chi connectivity index (χ0n) is 10.7. The molecule has 0 spiro atoms. The van der Waals surface area contributed by atoms with Crippen molar-refractivity contribution in [1.29, 1.82) is 0 Å². The first-order valence-electron chi connectivity index (χ1n) is 6.29. The van der Waals surface area contributed by atoms with Gasteiger partial charge in [-0.1, -0.05) is 25.1 Å². The molecule has 2 rings (SSSR count). The Kier molecular flexibility index (Phi) is 5.78. The van der Waals surface area contributed by atoms with Gasteiger partial charge in [-0.2, -0.15) is 0 Å². The maximum Gasteiger partial charge on any atom is 0.0423 e. The lowest BCUT2D eigenvalue weighted by Crippen LogP contribution is -2.24. The third-order valence-corrected chi connectivity index (χ3v) is 4.38. The molecule has 100 valence electrons. The lowest BCUT2D eigenvalue weighted by atomic mass is 10.0. The molecule has 0 saturated carbocycles. The Hall–Kier alpha value is -0.460. The maximum atomic E-state index is 4.47. The minimum Gasteiger partial charge on any atom is -0.310 e. The minimum atomic E-state index is 0.312. The zero-order chi connectivity index (χ0) is 13.7. The van der Waals surface area contributed by atoms with Crippen LogP contribution in [0.15, 0.2) is 47.1 Å². The lowest BCUT2D eigenvalue weighted by molar-refractivity contribution is 0.542. The van der Waals surface area contributed by atoms with Crippen molar-refractivity contribution in [1.82, 2.24) is 10.3 Å². The molecule has 0 saturated heterocycles. The molecule has 0 fully saturated rings. The van der Waals surface area contributed by atoms with E-state index in [0.717, 1.165) is 23.1 Å². The van der Waals surface area contributed by atoms with E-state index in [1.807, 2.05) is 12.3 Å². The van der Waals surface area contributed by atoms with Gasteiger partial charge < -0.3 is 5.32 Å². The second-order valence-electron chi connectivity index (χ2n) is 4.30. The van der Waals surface area contributed by atoms with Crippen molar-refractivity contribution in [3.8, 4) is 0 Å². The van der Waals surface area contributed by atoms with Gasteiger partial charge in [0.2, 0.25) is 0 Å². The van der Waals surface area contributed by atoms with Gasteiger partial charge in [0.25, 0.3) is 0 Å². The number of rotatable bonds is 5. The van der Waals surface area contributed by atoms with Crippen LogP contribution in [0.1, 0.15) is 24.2 Å². The molecule has 1 heterocycles. The molecule has 0 aliphatic carbocycles. The van der Waals surface area contributed by atoms with Crippen molar-refractivity contribution >= 4 is 38.5 Å². The van der Waals surface area contributed by atoms with Crippen LogP contribution in [0.4, 0.5) is 0 Å². The Morgan fingerprint density at radius 1 is 1.26 bits per heavy atom. The van der Waals surface area contributed by atoms with E-state index in [2.05, 4.69) is 86.1 Å². The largest absolute Gasteiger partial charge is 0.310 e. The van der Waals surface area contributed by atoms with Crippen molar-refractivity contribution in [3.05, 3.63) is 61.9 Å². The maximum absolute atomic E-state index is 4.47. The van der Waals surface area contributed by atoms with Crippen LogP contribution in [-0.4, -0.2) is 11.5 Å². The summed E-state index contributed by atoms with van der Waals surface area (Å²) in [7, 11) is 0. The summed E-state index contributed by atoms with van der Waals surface area (Å²) in [4.78, 5) is 4.47. The van der Waals surface area contributed by atoms with E-state index in [0.29, 0.717) is 6.04 Å². The SMILES string of the molecule is CCNC(Cc1ccc(Br)cn1)c1ccccc1I. The summed E-state index contributed by atoms with van der Waals surface area (Å²) in [5.74, 6) is 0. The summed E-state index contributed by atoms with van der Waals surface area (Å²) < 4.78 is 2.31. The summed E-state index contributed by atoms with van der Waals surface area (Å²) in [5, 5.41) is 3.55. The molecule has 19 heavy (non-hydrogen) atoms. The van der Waals surface area contributed by atoms with Gasteiger partial charge >= 0.3 is 0 Å². The molecule has 0 aliphatic heterocycles. The number of aromatic nitrogens is 1. The smallest absolute Gasteiger partial charge is 0.0423 e. The molecule has 4 heteroatoms. The van der Waals surface area contributed by atoms with E-state index in [9.17, 15) is 0 Å². The quantitative estimate of drug-likeness (QED) is 0.713. The normalized spacial score (nSPS) is 12.4. The molecule has 2 nitrogen and oxygen atoms in total. The monoisotopic (exact) mass is 430 g/mol. The first-order valence-corrected chi connectivity index (χ1v) is 8.16. The standard InChI is InChI=1S/C15H16BrIN2/c1-2-18-15(13-5-3-4-6-14(13)17)9-12-8-7-11(16)10-19-12/h3-8,10,15,18H,2,9H2,1H3. The highest BCUT2D eigenvalue weighted by Gasteiger charge is 2.14. The summed E-state index contributed by atoms with van der Waals surface area (Å²) in [6, 6.07) is 12.9. The number of halogens is 2. The fourth-order valence-electron chi connectivity index (χ4n) is 2.03. The Morgan fingerprint density at radius 3 is 2.68 bits per heavy atom. The van der Waals surface area contributed by atoms with Gasteiger partial charge in [-0.25, -0.2) is 0 Å². The molecule has 2 aromatic rings. The zero-order valence-corrected chi connectivity index (χ0v) is 14.5. The van der Waals surface area contributed by atoms with Crippen LogP contribution >= 0.6 is 38.5 Å². The fourth-order valence-corrected chi connectivity index (χ4v) is 3.03. The van der Waals surface area contributed by atoms with E-state index in [1.165, 1.54) is 9.13 Å². The number of likely N-dealkylation sites (N-methyl/N-ethyl adjacent to an activating group) is 1.